The topological polar surface area (TPSA) is 125 Å². The van der Waals surface area contributed by atoms with Gasteiger partial charge in [0.1, 0.15) is 23.7 Å². The van der Waals surface area contributed by atoms with E-state index in [1.807, 2.05) is 50.3 Å². The molecule has 2 N–H and O–H groups in total. The highest BCUT2D eigenvalue weighted by atomic mass is 16.6. The van der Waals surface area contributed by atoms with Crippen molar-refractivity contribution in [2.75, 3.05) is 26.2 Å². The van der Waals surface area contributed by atoms with E-state index in [0.717, 1.165) is 0 Å². The number of rotatable bonds is 4. The minimum atomic E-state index is -1.40. The number of carbonyl (C=O) groups is 4. The van der Waals surface area contributed by atoms with Gasteiger partial charge in [-0.15, -0.1) is 0 Å². The number of aliphatic hydroxyl groups is 1. The second kappa shape index (κ2) is 10.9. The van der Waals surface area contributed by atoms with Crippen molar-refractivity contribution in [2.24, 2.45) is 11.8 Å². The Balaban J connectivity index is 1.58. The lowest BCUT2D eigenvalue weighted by atomic mass is 9.77. The molecule has 0 unspecified atom stereocenters. The van der Waals surface area contributed by atoms with E-state index in [-0.39, 0.29) is 44.0 Å². The van der Waals surface area contributed by atoms with Gasteiger partial charge in [0.2, 0.25) is 17.7 Å². The summed E-state index contributed by atoms with van der Waals surface area (Å²) >= 11 is 0. The molecule has 6 atom stereocenters. The first-order valence-electron chi connectivity index (χ1n) is 13.5. The van der Waals surface area contributed by atoms with E-state index in [9.17, 15) is 24.3 Å². The monoisotopic (exact) mass is 537 g/mol. The number of allylic oxidation sites excluding steroid dienone is 1. The Morgan fingerprint density at radius 1 is 1.10 bits per heavy atom. The van der Waals surface area contributed by atoms with Crippen molar-refractivity contribution in [3.8, 4) is 0 Å². The molecule has 2 saturated heterocycles. The average molecular weight is 538 g/mol. The van der Waals surface area contributed by atoms with Crippen LogP contribution in [0.2, 0.25) is 0 Å². The minimum absolute atomic E-state index is 0.0580. The summed E-state index contributed by atoms with van der Waals surface area (Å²) in [5.41, 5.74) is -0.694. The number of nitrogens with one attached hydrogen (secondary N) is 1. The molecule has 1 spiro atoms. The van der Waals surface area contributed by atoms with Crippen LogP contribution >= 0.6 is 0 Å². The molecule has 0 radical (unpaired) electrons. The van der Waals surface area contributed by atoms with Crippen LogP contribution in [0, 0.1) is 11.8 Å². The maximum Gasteiger partial charge on any atom is 0.313 e. The normalized spacial score (nSPS) is 33.9. The molecule has 0 aliphatic carbocycles. The van der Waals surface area contributed by atoms with Gasteiger partial charge < -0.3 is 29.7 Å². The Kier molecular flexibility index (Phi) is 7.59. The van der Waals surface area contributed by atoms with Gasteiger partial charge in [0.15, 0.2) is 0 Å². The van der Waals surface area contributed by atoms with Gasteiger partial charge in [0.05, 0.1) is 25.2 Å². The predicted octanol–water partition coefficient (Wildman–Crippen LogP) is 1.12. The molecule has 208 valence electrons. The molecular formula is C29H35N3O7. The SMILES string of the molecule is CC(C)N1CC=C[C@]23O[C@@H]4/C=C\CCC(=O)NC[C@@H](c5ccccc5)OC(=O)[C@@H]4[C@H]2C(=O)N(CCO)[C@@H]3C1=O. The van der Waals surface area contributed by atoms with Crippen molar-refractivity contribution >= 4 is 23.7 Å². The zero-order chi connectivity index (χ0) is 27.7. The quantitative estimate of drug-likeness (QED) is 0.436. The summed E-state index contributed by atoms with van der Waals surface area (Å²) in [6, 6.07) is 7.96. The number of aliphatic hydroxyl groups excluding tert-OH is 1. The lowest BCUT2D eigenvalue weighted by molar-refractivity contribution is -0.160. The molecule has 1 aromatic rings. The number of ether oxygens (including phenoxy) is 2. The molecule has 10 heteroatoms. The fraction of sp³-hybridized carbons (Fsp3) is 0.517. The maximum atomic E-state index is 14.0. The van der Waals surface area contributed by atoms with Crippen LogP contribution in [0.4, 0.5) is 0 Å². The molecule has 1 aromatic carbocycles. The molecule has 4 aliphatic heterocycles. The molecule has 0 saturated carbocycles. The number of likely N-dealkylation sites (tertiary alicyclic amines) is 1. The van der Waals surface area contributed by atoms with Gasteiger partial charge in [-0.2, -0.15) is 0 Å². The Labute approximate surface area is 227 Å². The average Bonchev–Trinajstić information content (AvgIpc) is 3.29. The first kappa shape index (κ1) is 27.1. The van der Waals surface area contributed by atoms with Crippen LogP contribution in [0.25, 0.3) is 0 Å². The summed E-state index contributed by atoms with van der Waals surface area (Å²) in [6.07, 6.45) is 6.10. The van der Waals surface area contributed by atoms with Gasteiger partial charge >= 0.3 is 5.97 Å². The van der Waals surface area contributed by atoms with Crippen LogP contribution in [0.3, 0.4) is 0 Å². The summed E-state index contributed by atoms with van der Waals surface area (Å²) in [7, 11) is 0. The van der Waals surface area contributed by atoms with Crippen molar-refractivity contribution in [2.45, 2.75) is 56.6 Å². The van der Waals surface area contributed by atoms with E-state index < -0.39 is 47.6 Å². The third kappa shape index (κ3) is 4.76. The van der Waals surface area contributed by atoms with E-state index in [2.05, 4.69) is 5.32 Å². The second-order valence-corrected chi connectivity index (χ2v) is 10.7. The number of fused-ring (bicyclic) bond motifs is 2. The van der Waals surface area contributed by atoms with Crippen LogP contribution in [-0.4, -0.2) is 88.6 Å². The zero-order valence-electron chi connectivity index (χ0n) is 22.2. The maximum absolute atomic E-state index is 14.0. The van der Waals surface area contributed by atoms with Gasteiger partial charge in [-0.1, -0.05) is 54.6 Å². The summed E-state index contributed by atoms with van der Waals surface area (Å²) < 4.78 is 12.6. The van der Waals surface area contributed by atoms with Crippen LogP contribution in [-0.2, 0) is 28.7 Å². The third-order valence-electron chi connectivity index (χ3n) is 8.04. The smallest absolute Gasteiger partial charge is 0.313 e. The molecular weight excluding hydrogens is 502 g/mol. The Morgan fingerprint density at radius 2 is 1.87 bits per heavy atom. The van der Waals surface area contributed by atoms with Crippen LogP contribution in [0.1, 0.15) is 38.4 Å². The lowest BCUT2D eigenvalue weighted by Crippen LogP contribution is -2.56. The molecule has 4 aliphatic rings. The second-order valence-electron chi connectivity index (χ2n) is 10.7. The number of nitrogens with zero attached hydrogens (tertiary/aromatic N) is 2. The molecule has 39 heavy (non-hydrogen) atoms. The van der Waals surface area contributed by atoms with Crippen molar-refractivity contribution in [1.82, 2.24) is 15.1 Å². The highest BCUT2D eigenvalue weighted by Gasteiger charge is 2.71. The highest BCUT2D eigenvalue weighted by Crippen LogP contribution is 2.53. The standard InChI is InChI=1S/C29H35N3O7/c1-18(2)31-14-8-13-29-24(26(35)32(15-16-33)25(29)27(31)36)23-20(39-29)11-6-7-12-22(34)30-17-21(38-28(23)37)19-9-4-3-5-10-19/h3-6,8-11,13,18,20-21,23-25,33H,7,12,14-17H2,1-2H3,(H,30,34)/b11-6-/t20-,21+,23+,24+,25-,29+/m1/s1. The minimum Gasteiger partial charge on any atom is -0.455 e. The highest BCUT2D eigenvalue weighted by molar-refractivity contribution is 5.99. The Morgan fingerprint density at radius 3 is 2.59 bits per heavy atom. The van der Waals surface area contributed by atoms with Crippen molar-refractivity contribution < 1.29 is 33.8 Å². The van der Waals surface area contributed by atoms with E-state index in [4.69, 9.17) is 9.47 Å². The summed E-state index contributed by atoms with van der Waals surface area (Å²) in [5, 5.41) is 12.6. The fourth-order valence-corrected chi connectivity index (χ4v) is 6.24. The van der Waals surface area contributed by atoms with Gasteiger partial charge in [-0.05, 0) is 25.8 Å². The Hall–Kier alpha value is -3.50. The Bertz CT molecular complexity index is 1180. The van der Waals surface area contributed by atoms with Gasteiger partial charge in [0, 0.05) is 25.6 Å². The van der Waals surface area contributed by atoms with E-state index in [0.29, 0.717) is 18.5 Å². The number of hydrogen-bond donors (Lipinski definition) is 2. The first-order valence-corrected chi connectivity index (χ1v) is 13.5. The number of β-amino-alcohol motifs (C(OH)–C–C–N with tert-alkyl or cyclic N) is 1. The zero-order valence-corrected chi connectivity index (χ0v) is 22.2. The molecule has 10 nitrogen and oxygen atoms in total. The molecule has 4 heterocycles. The number of benzene rings is 1. The molecule has 0 bridgehead atoms. The number of cyclic esters (lactones) is 1. The fourth-order valence-electron chi connectivity index (χ4n) is 6.24. The van der Waals surface area contributed by atoms with Crippen molar-refractivity contribution in [1.29, 1.82) is 0 Å². The molecule has 2 fully saturated rings. The van der Waals surface area contributed by atoms with Gasteiger partial charge in [0.25, 0.3) is 0 Å². The molecule has 0 aromatic heterocycles. The summed E-state index contributed by atoms with van der Waals surface area (Å²) in [4.78, 5) is 57.2. The van der Waals surface area contributed by atoms with Gasteiger partial charge in [-0.25, -0.2) is 0 Å². The predicted molar refractivity (Wildman–Crippen MR) is 140 cm³/mol. The van der Waals surface area contributed by atoms with Crippen molar-refractivity contribution in [3.05, 3.63) is 60.2 Å². The van der Waals surface area contributed by atoms with Crippen LogP contribution in [0.5, 0.6) is 0 Å². The van der Waals surface area contributed by atoms with E-state index >= 15 is 0 Å². The number of hydrogen-bond acceptors (Lipinski definition) is 7. The van der Waals surface area contributed by atoms with E-state index in [1.165, 1.54) is 4.90 Å². The largest absolute Gasteiger partial charge is 0.455 e. The van der Waals surface area contributed by atoms with Crippen molar-refractivity contribution in [3.63, 3.8) is 0 Å². The summed E-state index contributed by atoms with van der Waals surface area (Å²) in [5.74, 6) is -3.56. The number of carbonyl (C=O) groups excluding carboxylic acids is 4. The lowest BCUT2D eigenvalue weighted by Gasteiger charge is -2.36. The number of amides is 3. The summed E-state index contributed by atoms with van der Waals surface area (Å²) in [6.45, 7) is 3.83. The molecule has 3 amide bonds. The van der Waals surface area contributed by atoms with E-state index in [1.54, 1.807) is 23.1 Å². The third-order valence-corrected chi connectivity index (χ3v) is 8.04. The molecule has 5 rings (SSSR count). The number of esters is 1. The van der Waals surface area contributed by atoms with Gasteiger partial charge in [-0.3, -0.25) is 19.2 Å². The van der Waals surface area contributed by atoms with Crippen LogP contribution < -0.4 is 5.32 Å². The first-order chi connectivity index (χ1) is 18.8. The van der Waals surface area contributed by atoms with Crippen LogP contribution in [0.15, 0.2) is 54.6 Å².